The number of aryl methyl sites for hydroxylation is 2. The van der Waals surface area contributed by atoms with Gasteiger partial charge in [-0.05, 0) is 26.0 Å². The third-order valence-corrected chi connectivity index (χ3v) is 2.93. The first-order valence-electron chi connectivity index (χ1n) is 5.50. The van der Waals surface area contributed by atoms with Gasteiger partial charge >= 0.3 is 0 Å². The molecule has 0 unspecified atom stereocenters. The first-order chi connectivity index (χ1) is 8.09. The highest BCUT2D eigenvalue weighted by Gasteiger charge is 2.11. The van der Waals surface area contributed by atoms with Crippen LogP contribution in [0.15, 0.2) is 18.3 Å². The summed E-state index contributed by atoms with van der Waals surface area (Å²) in [6.07, 6.45) is 1.73. The Bertz CT molecular complexity index is 525. The van der Waals surface area contributed by atoms with Crippen LogP contribution in [0.25, 0.3) is 0 Å². The van der Waals surface area contributed by atoms with Crippen LogP contribution in [-0.4, -0.2) is 20.7 Å². The molecule has 0 atom stereocenters. The molecule has 0 aromatic carbocycles. The van der Waals surface area contributed by atoms with Crippen LogP contribution in [0.4, 0.5) is 0 Å². The van der Waals surface area contributed by atoms with Gasteiger partial charge in [-0.25, -0.2) is 0 Å². The number of carbonyl (C=O) groups excluding carboxylic acids is 1. The molecule has 0 radical (unpaired) electrons. The minimum atomic E-state index is -0.0994. The molecule has 0 bridgehead atoms. The van der Waals surface area contributed by atoms with E-state index in [0.717, 1.165) is 17.0 Å². The molecular formula is C12H16N4O. The number of aromatic amines is 1. The number of hydrogen-bond acceptors (Lipinski definition) is 2. The number of nitrogens with zero attached hydrogens (tertiary/aromatic N) is 2. The third kappa shape index (κ3) is 2.22. The van der Waals surface area contributed by atoms with Gasteiger partial charge in [-0.1, -0.05) is 0 Å². The monoisotopic (exact) mass is 232 g/mol. The van der Waals surface area contributed by atoms with Crippen LogP contribution in [0, 0.1) is 13.8 Å². The molecule has 2 heterocycles. The van der Waals surface area contributed by atoms with E-state index < -0.39 is 0 Å². The normalized spacial score (nSPS) is 10.5. The molecule has 2 N–H and O–H groups in total. The van der Waals surface area contributed by atoms with E-state index in [4.69, 9.17) is 0 Å². The Labute approximate surface area is 99.8 Å². The van der Waals surface area contributed by atoms with Gasteiger partial charge in [0.1, 0.15) is 5.69 Å². The van der Waals surface area contributed by atoms with E-state index in [1.54, 1.807) is 18.3 Å². The number of amides is 1. The first kappa shape index (κ1) is 11.4. The van der Waals surface area contributed by atoms with Crippen LogP contribution in [0.5, 0.6) is 0 Å². The van der Waals surface area contributed by atoms with Crippen molar-refractivity contribution in [3.8, 4) is 0 Å². The molecule has 2 rings (SSSR count). The lowest BCUT2D eigenvalue weighted by molar-refractivity contribution is 0.0946. The maximum absolute atomic E-state index is 11.7. The summed E-state index contributed by atoms with van der Waals surface area (Å²) in [7, 11) is 1.90. The van der Waals surface area contributed by atoms with Gasteiger partial charge < -0.3 is 10.3 Å². The highest BCUT2D eigenvalue weighted by Crippen LogP contribution is 2.11. The topological polar surface area (TPSA) is 62.7 Å². The van der Waals surface area contributed by atoms with Crippen LogP contribution in [0.1, 0.15) is 27.4 Å². The molecule has 90 valence electrons. The number of carbonyl (C=O) groups is 1. The Morgan fingerprint density at radius 1 is 1.53 bits per heavy atom. The van der Waals surface area contributed by atoms with Gasteiger partial charge in [0.2, 0.25) is 0 Å². The predicted octanol–water partition coefficient (Wildman–Crippen LogP) is 1.30. The summed E-state index contributed by atoms with van der Waals surface area (Å²) >= 11 is 0. The van der Waals surface area contributed by atoms with Crippen molar-refractivity contribution in [3.63, 3.8) is 0 Å². The molecule has 2 aromatic rings. The number of aromatic nitrogens is 3. The average Bonchev–Trinajstić information content (AvgIpc) is 2.88. The van der Waals surface area contributed by atoms with Crippen LogP contribution in [0.2, 0.25) is 0 Å². The fourth-order valence-electron chi connectivity index (χ4n) is 1.81. The molecule has 17 heavy (non-hydrogen) atoms. The predicted molar refractivity (Wildman–Crippen MR) is 64.6 cm³/mol. The second-order valence-electron chi connectivity index (χ2n) is 4.04. The summed E-state index contributed by atoms with van der Waals surface area (Å²) < 4.78 is 1.82. The van der Waals surface area contributed by atoms with Crippen molar-refractivity contribution in [2.75, 3.05) is 0 Å². The zero-order chi connectivity index (χ0) is 12.4. The molecule has 2 aromatic heterocycles. The summed E-state index contributed by atoms with van der Waals surface area (Å²) in [5.41, 5.74) is 3.68. The zero-order valence-electron chi connectivity index (χ0n) is 10.2. The zero-order valence-corrected chi connectivity index (χ0v) is 10.2. The summed E-state index contributed by atoms with van der Waals surface area (Å²) in [6.45, 7) is 4.45. The minimum Gasteiger partial charge on any atom is -0.357 e. The molecule has 0 aliphatic heterocycles. The summed E-state index contributed by atoms with van der Waals surface area (Å²) in [5, 5.41) is 7.18. The van der Waals surface area contributed by atoms with Crippen LogP contribution >= 0.6 is 0 Å². The Balaban J connectivity index is 2.05. The van der Waals surface area contributed by atoms with Gasteiger partial charge in [0.15, 0.2) is 0 Å². The van der Waals surface area contributed by atoms with Gasteiger partial charge in [0.25, 0.3) is 5.91 Å². The molecule has 0 saturated heterocycles. The van der Waals surface area contributed by atoms with Crippen molar-refractivity contribution < 1.29 is 4.79 Å². The van der Waals surface area contributed by atoms with E-state index >= 15 is 0 Å². The van der Waals surface area contributed by atoms with Crippen molar-refractivity contribution in [3.05, 3.63) is 41.0 Å². The summed E-state index contributed by atoms with van der Waals surface area (Å²) in [5.74, 6) is -0.0994. The molecular weight excluding hydrogens is 216 g/mol. The van der Waals surface area contributed by atoms with E-state index in [1.807, 2.05) is 25.6 Å². The molecule has 0 fully saturated rings. The molecule has 5 heteroatoms. The molecule has 0 saturated carbocycles. The van der Waals surface area contributed by atoms with Crippen molar-refractivity contribution in [2.45, 2.75) is 20.4 Å². The number of rotatable bonds is 3. The van der Waals surface area contributed by atoms with Gasteiger partial charge in [-0.2, -0.15) is 5.10 Å². The van der Waals surface area contributed by atoms with Gasteiger partial charge in [0, 0.05) is 31.0 Å². The standard InChI is InChI=1S/C12H16N4O/c1-8-10(9(2)16(3)15-8)7-14-12(17)11-5-4-6-13-11/h4-6,13H,7H2,1-3H3,(H,14,17). The van der Waals surface area contributed by atoms with E-state index in [-0.39, 0.29) is 5.91 Å². The highest BCUT2D eigenvalue weighted by atomic mass is 16.1. The van der Waals surface area contributed by atoms with Crippen molar-refractivity contribution in [2.24, 2.45) is 7.05 Å². The van der Waals surface area contributed by atoms with Gasteiger partial charge in [0.05, 0.1) is 5.69 Å². The molecule has 0 aliphatic carbocycles. The van der Waals surface area contributed by atoms with E-state index in [9.17, 15) is 4.79 Å². The Hall–Kier alpha value is -2.04. The summed E-state index contributed by atoms with van der Waals surface area (Å²) in [6, 6.07) is 3.55. The second-order valence-corrected chi connectivity index (χ2v) is 4.04. The van der Waals surface area contributed by atoms with Crippen LogP contribution < -0.4 is 5.32 Å². The average molecular weight is 232 g/mol. The molecule has 0 spiro atoms. The quantitative estimate of drug-likeness (QED) is 0.837. The lowest BCUT2D eigenvalue weighted by atomic mass is 10.2. The van der Waals surface area contributed by atoms with E-state index in [1.165, 1.54) is 0 Å². The Morgan fingerprint density at radius 2 is 2.29 bits per heavy atom. The largest absolute Gasteiger partial charge is 0.357 e. The maximum atomic E-state index is 11.7. The highest BCUT2D eigenvalue weighted by molar-refractivity contribution is 5.92. The van der Waals surface area contributed by atoms with Crippen molar-refractivity contribution >= 4 is 5.91 Å². The fourth-order valence-corrected chi connectivity index (χ4v) is 1.81. The van der Waals surface area contributed by atoms with E-state index in [0.29, 0.717) is 12.2 Å². The molecule has 0 aliphatic rings. The maximum Gasteiger partial charge on any atom is 0.267 e. The number of nitrogens with one attached hydrogen (secondary N) is 2. The number of H-pyrrole nitrogens is 1. The first-order valence-corrected chi connectivity index (χ1v) is 5.50. The fraction of sp³-hybridized carbons (Fsp3) is 0.333. The third-order valence-electron chi connectivity index (χ3n) is 2.93. The van der Waals surface area contributed by atoms with Crippen LogP contribution in [0.3, 0.4) is 0 Å². The lowest BCUT2D eigenvalue weighted by Gasteiger charge is -2.04. The van der Waals surface area contributed by atoms with Crippen LogP contribution in [-0.2, 0) is 13.6 Å². The van der Waals surface area contributed by atoms with E-state index in [2.05, 4.69) is 15.4 Å². The summed E-state index contributed by atoms with van der Waals surface area (Å²) in [4.78, 5) is 14.6. The smallest absolute Gasteiger partial charge is 0.267 e. The Morgan fingerprint density at radius 3 is 2.82 bits per heavy atom. The van der Waals surface area contributed by atoms with Gasteiger partial charge in [-0.15, -0.1) is 0 Å². The Kier molecular flexibility index (Phi) is 2.99. The molecule has 1 amide bonds. The lowest BCUT2D eigenvalue weighted by Crippen LogP contribution is -2.23. The van der Waals surface area contributed by atoms with Gasteiger partial charge in [-0.3, -0.25) is 9.48 Å². The SMILES string of the molecule is Cc1nn(C)c(C)c1CNC(=O)c1ccc[nH]1. The van der Waals surface area contributed by atoms with Crippen molar-refractivity contribution in [1.29, 1.82) is 0 Å². The minimum absolute atomic E-state index is 0.0994. The second kappa shape index (κ2) is 4.45. The number of hydrogen-bond donors (Lipinski definition) is 2. The van der Waals surface area contributed by atoms with Crippen molar-refractivity contribution in [1.82, 2.24) is 20.1 Å². The molecule has 5 nitrogen and oxygen atoms in total.